The van der Waals surface area contributed by atoms with Crippen LogP contribution in [0.15, 0.2) is 23.3 Å². The van der Waals surface area contributed by atoms with E-state index in [1.807, 2.05) is 0 Å². The van der Waals surface area contributed by atoms with E-state index in [0.29, 0.717) is 11.1 Å². The topological polar surface area (TPSA) is 34.1 Å². The number of hydrogen-bond acceptors (Lipinski definition) is 2. The number of ketones is 2. The van der Waals surface area contributed by atoms with Crippen LogP contribution in [0.4, 0.5) is 0 Å². The van der Waals surface area contributed by atoms with Gasteiger partial charge in [-0.25, -0.2) is 0 Å². The number of rotatable bonds is 9. The molecule has 1 rings (SSSR count). The summed E-state index contributed by atoms with van der Waals surface area (Å²) in [6, 6.07) is 0. The molecule has 0 aliphatic heterocycles. The summed E-state index contributed by atoms with van der Waals surface area (Å²) >= 11 is 0. The van der Waals surface area contributed by atoms with Crippen LogP contribution in [0, 0.1) is 0 Å². The van der Waals surface area contributed by atoms with Gasteiger partial charge in [-0.3, -0.25) is 9.59 Å². The minimum absolute atomic E-state index is 0.00540. The van der Waals surface area contributed by atoms with Crippen molar-refractivity contribution in [3.05, 3.63) is 23.3 Å². The highest BCUT2D eigenvalue weighted by Gasteiger charge is 2.16. The van der Waals surface area contributed by atoms with Crippen molar-refractivity contribution in [2.45, 2.75) is 71.6 Å². The Morgan fingerprint density at radius 1 is 0.789 bits per heavy atom. The van der Waals surface area contributed by atoms with Crippen molar-refractivity contribution in [2.75, 3.05) is 0 Å². The van der Waals surface area contributed by atoms with Gasteiger partial charge in [0.05, 0.1) is 0 Å². The molecular weight excluding hydrogens is 236 g/mol. The molecule has 0 heterocycles. The molecule has 2 nitrogen and oxygen atoms in total. The second-order valence-corrected chi connectivity index (χ2v) is 5.45. The summed E-state index contributed by atoms with van der Waals surface area (Å²) < 4.78 is 0. The van der Waals surface area contributed by atoms with Crippen LogP contribution < -0.4 is 0 Å². The second kappa shape index (κ2) is 8.84. The molecule has 0 fully saturated rings. The summed E-state index contributed by atoms with van der Waals surface area (Å²) in [6.07, 6.45) is 13.8. The van der Waals surface area contributed by atoms with E-state index in [0.717, 1.165) is 19.3 Å². The lowest BCUT2D eigenvalue weighted by molar-refractivity contribution is -0.115. The molecule has 19 heavy (non-hydrogen) atoms. The summed E-state index contributed by atoms with van der Waals surface area (Å²) in [5, 5.41) is 0. The predicted molar refractivity (Wildman–Crippen MR) is 79.1 cm³/mol. The molecule has 2 heteroatoms. The highest BCUT2D eigenvalue weighted by atomic mass is 16.1. The van der Waals surface area contributed by atoms with Crippen molar-refractivity contribution < 1.29 is 9.59 Å². The standard InChI is InChI=1S/C17H26O2/c1-3-4-5-6-7-8-9-10-11-15-13-16(18)14(2)12-17(15)19/h12-13H,3-11H2,1-2H3. The minimum atomic E-state index is -0.00540. The summed E-state index contributed by atoms with van der Waals surface area (Å²) in [6.45, 7) is 3.93. The van der Waals surface area contributed by atoms with E-state index in [2.05, 4.69) is 6.92 Å². The zero-order valence-corrected chi connectivity index (χ0v) is 12.3. The maximum atomic E-state index is 11.7. The molecule has 1 aliphatic carbocycles. The highest BCUT2D eigenvalue weighted by Crippen LogP contribution is 2.18. The number of hydrogen-bond donors (Lipinski definition) is 0. The fourth-order valence-corrected chi connectivity index (χ4v) is 2.35. The molecule has 0 aromatic rings. The van der Waals surface area contributed by atoms with Crippen molar-refractivity contribution >= 4 is 11.6 Å². The summed E-state index contributed by atoms with van der Waals surface area (Å²) in [4.78, 5) is 23.2. The van der Waals surface area contributed by atoms with E-state index in [9.17, 15) is 9.59 Å². The average molecular weight is 262 g/mol. The zero-order valence-electron chi connectivity index (χ0n) is 12.3. The quantitative estimate of drug-likeness (QED) is 0.451. The van der Waals surface area contributed by atoms with Gasteiger partial charge in [-0.2, -0.15) is 0 Å². The van der Waals surface area contributed by atoms with Crippen molar-refractivity contribution in [1.29, 1.82) is 0 Å². The van der Waals surface area contributed by atoms with Crippen LogP contribution in [0.2, 0.25) is 0 Å². The zero-order chi connectivity index (χ0) is 14.1. The largest absolute Gasteiger partial charge is 0.290 e. The summed E-state index contributed by atoms with van der Waals surface area (Å²) in [5.41, 5.74) is 1.26. The predicted octanol–water partition coefficient (Wildman–Crippen LogP) is 4.54. The van der Waals surface area contributed by atoms with Crippen LogP contribution in [0.1, 0.15) is 71.6 Å². The minimum Gasteiger partial charge on any atom is -0.290 e. The molecule has 0 amide bonds. The number of allylic oxidation sites excluding steroid dienone is 4. The van der Waals surface area contributed by atoms with Gasteiger partial charge in [0.15, 0.2) is 11.6 Å². The number of carbonyl (C=O) groups excluding carboxylic acids is 2. The normalized spacial score (nSPS) is 15.5. The van der Waals surface area contributed by atoms with Crippen LogP contribution >= 0.6 is 0 Å². The van der Waals surface area contributed by atoms with Crippen molar-refractivity contribution in [1.82, 2.24) is 0 Å². The van der Waals surface area contributed by atoms with Crippen LogP contribution in [0.5, 0.6) is 0 Å². The van der Waals surface area contributed by atoms with Crippen LogP contribution in [-0.2, 0) is 9.59 Å². The maximum absolute atomic E-state index is 11.7. The van der Waals surface area contributed by atoms with E-state index < -0.39 is 0 Å². The third-order valence-electron chi connectivity index (χ3n) is 3.66. The van der Waals surface area contributed by atoms with Gasteiger partial charge < -0.3 is 0 Å². The first-order valence-corrected chi connectivity index (χ1v) is 7.62. The van der Waals surface area contributed by atoms with E-state index in [1.54, 1.807) is 6.92 Å². The fraction of sp³-hybridized carbons (Fsp3) is 0.647. The van der Waals surface area contributed by atoms with E-state index in [-0.39, 0.29) is 11.6 Å². The molecule has 0 N–H and O–H groups in total. The molecule has 0 spiro atoms. The number of unbranched alkanes of at least 4 members (excludes halogenated alkanes) is 7. The van der Waals surface area contributed by atoms with Gasteiger partial charge in [-0.05, 0) is 31.9 Å². The molecule has 0 aromatic carbocycles. The van der Waals surface area contributed by atoms with Gasteiger partial charge in [0.1, 0.15) is 0 Å². The fourth-order valence-electron chi connectivity index (χ4n) is 2.35. The van der Waals surface area contributed by atoms with Crippen molar-refractivity contribution in [3.8, 4) is 0 Å². The van der Waals surface area contributed by atoms with Gasteiger partial charge in [0, 0.05) is 11.1 Å². The maximum Gasteiger partial charge on any atom is 0.182 e. The lowest BCUT2D eigenvalue weighted by atomic mass is 9.94. The van der Waals surface area contributed by atoms with E-state index in [1.165, 1.54) is 50.7 Å². The molecule has 0 saturated heterocycles. The summed E-state index contributed by atoms with van der Waals surface area (Å²) in [5.74, 6) is 0.0224. The first kappa shape index (κ1) is 15.9. The lowest BCUT2D eigenvalue weighted by Gasteiger charge is -2.09. The van der Waals surface area contributed by atoms with Crippen LogP contribution in [0.25, 0.3) is 0 Å². The molecule has 0 saturated carbocycles. The second-order valence-electron chi connectivity index (χ2n) is 5.45. The monoisotopic (exact) mass is 262 g/mol. The van der Waals surface area contributed by atoms with Gasteiger partial charge in [0.25, 0.3) is 0 Å². The van der Waals surface area contributed by atoms with Crippen molar-refractivity contribution in [3.63, 3.8) is 0 Å². The molecule has 106 valence electrons. The molecule has 0 bridgehead atoms. The lowest BCUT2D eigenvalue weighted by Crippen LogP contribution is -2.11. The van der Waals surface area contributed by atoms with Crippen LogP contribution in [-0.4, -0.2) is 11.6 Å². The van der Waals surface area contributed by atoms with Gasteiger partial charge in [-0.1, -0.05) is 51.9 Å². The molecule has 1 aliphatic rings. The Bertz CT molecular complexity index is 375. The Labute approximate surface area is 117 Å². The van der Waals surface area contributed by atoms with E-state index in [4.69, 9.17) is 0 Å². The van der Waals surface area contributed by atoms with Crippen molar-refractivity contribution in [2.24, 2.45) is 0 Å². The summed E-state index contributed by atoms with van der Waals surface area (Å²) in [7, 11) is 0. The Balaban J connectivity index is 2.12. The Morgan fingerprint density at radius 3 is 2.00 bits per heavy atom. The first-order valence-electron chi connectivity index (χ1n) is 7.62. The Kier molecular flexibility index (Phi) is 7.39. The highest BCUT2D eigenvalue weighted by molar-refractivity contribution is 6.19. The number of carbonyl (C=O) groups is 2. The smallest absolute Gasteiger partial charge is 0.182 e. The van der Waals surface area contributed by atoms with E-state index >= 15 is 0 Å². The first-order chi connectivity index (χ1) is 9.15. The Morgan fingerprint density at radius 2 is 1.37 bits per heavy atom. The third kappa shape index (κ3) is 6.00. The van der Waals surface area contributed by atoms with Gasteiger partial charge in [-0.15, -0.1) is 0 Å². The SMILES string of the molecule is CCCCCCCCCCC1=CC(=O)C(C)=CC1=O. The molecule has 0 atom stereocenters. The molecule has 0 unspecified atom stereocenters. The van der Waals surface area contributed by atoms with Gasteiger partial charge in [0.2, 0.25) is 0 Å². The van der Waals surface area contributed by atoms with Crippen LogP contribution in [0.3, 0.4) is 0 Å². The average Bonchev–Trinajstić information content (AvgIpc) is 2.38. The molecular formula is C17H26O2. The molecule has 0 radical (unpaired) electrons. The molecule has 0 aromatic heterocycles. The third-order valence-corrected chi connectivity index (χ3v) is 3.66. The Hall–Kier alpha value is -1.18. The van der Waals surface area contributed by atoms with Gasteiger partial charge >= 0.3 is 0 Å².